The third-order valence-corrected chi connectivity index (χ3v) is 5.21. The van der Waals surface area contributed by atoms with E-state index in [9.17, 15) is 0 Å². The number of nitrogens with one attached hydrogen (secondary N) is 1. The topological polar surface area (TPSA) is 37.8 Å². The highest BCUT2D eigenvalue weighted by Crippen LogP contribution is 2.27. The Labute approximate surface area is 136 Å². The molecule has 21 heavy (non-hydrogen) atoms. The lowest BCUT2D eigenvalue weighted by molar-refractivity contribution is 1.07. The van der Waals surface area contributed by atoms with Gasteiger partial charge in [0.25, 0.3) is 0 Å². The molecule has 1 aromatic carbocycles. The first-order valence-electron chi connectivity index (χ1n) is 6.51. The van der Waals surface area contributed by atoms with Gasteiger partial charge >= 0.3 is 0 Å². The molecule has 0 atom stereocenters. The number of aromatic nitrogens is 2. The molecule has 108 valence electrons. The van der Waals surface area contributed by atoms with Crippen molar-refractivity contribution in [1.82, 2.24) is 9.97 Å². The number of fused-ring (bicyclic) bond motifs is 1. The number of hydrogen-bond donors (Lipinski definition) is 1. The van der Waals surface area contributed by atoms with E-state index in [-0.39, 0.29) is 0 Å². The van der Waals surface area contributed by atoms with E-state index in [1.54, 1.807) is 23.1 Å². The minimum Gasteiger partial charge on any atom is -0.372 e. The summed E-state index contributed by atoms with van der Waals surface area (Å²) < 4.78 is 0. The van der Waals surface area contributed by atoms with Gasteiger partial charge in [-0.05, 0) is 23.1 Å². The van der Waals surface area contributed by atoms with Crippen LogP contribution in [-0.4, -0.2) is 17.0 Å². The van der Waals surface area contributed by atoms with Crippen LogP contribution in [0.2, 0.25) is 5.02 Å². The summed E-state index contributed by atoms with van der Waals surface area (Å²) in [4.78, 5) is 10.2. The van der Waals surface area contributed by atoms with Crippen LogP contribution in [-0.2, 0) is 11.5 Å². The Morgan fingerprint density at radius 1 is 1.19 bits per heavy atom. The maximum Gasteiger partial charge on any atom is 0.142 e. The van der Waals surface area contributed by atoms with Crippen molar-refractivity contribution >= 4 is 50.7 Å². The van der Waals surface area contributed by atoms with E-state index < -0.39 is 0 Å². The SMILES string of the molecule is CNc1nc(CSCc2ccccc2Cl)nc2sccc12. The molecule has 0 amide bonds. The van der Waals surface area contributed by atoms with E-state index in [0.29, 0.717) is 0 Å². The van der Waals surface area contributed by atoms with E-state index in [1.807, 2.05) is 36.7 Å². The summed E-state index contributed by atoms with van der Waals surface area (Å²) in [7, 11) is 1.89. The van der Waals surface area contributed by atoms with Crippen LogP contribution in [0.5, 0.6) is 0 Å². The van der Waals surface area contributed by atoms with Crippen molar-refractivity contribution in [1.29, 1.82) is 0 Å². The molecule has 0 spiro atoms. The molecule has 2 heterocycles. The lowest BCUT2D eigenvalue weighted by Crippen LogP contribution is -1.99. The normalized spacial score (nSPS) is 11.0. The highest BCUT2D eigenvalue weighted by molar-refractivity contribution is 7.97. The van der Waals surface area contributed by atoms with E-state index in [1.165, 1.54) is 0 Å². The molecule has 0 saturated carbocycles. The molecule has 0 fully saturated rings. The van der Waals surface area contributed by atoms with Crippen LogP contribution in [0, 0.1) is 0 Å². The molecular formula is C15H14ClN3S2. The molecule has 6 heteroatoms. The second-order valence-electron chi connectivity index (χ2n) is 4.46. The van der Waals surface area contributed by atoms with Crippen LogP contribution in [0.1, 0.15) is 11.4 Å². The first-order valence-corrected chi connectivity index (χ1v) is 8.92. The molecule has 0 aliphatic rings. The van der Waals surface area contributed by atoms with Crippen molar-refractivity contribution in [3.05, 3.63) is 52.1 Å². The number of nitrogens with zero attached hydrogens (tertiary/aromatic N) is 2. The predicted octanol–water partition coefficient (Wildman–Crippen LogP) is 4.82. The van der Waals surface area contributed by atoms with Gasteiger partial charge in [0, 0.05) is 17.8 Å². The molecule has 3 rings (SSSR count). The Kier molecular flexibility index (Phi) is 4.63. The molecular weight excluding hydrogens is 322 g/mol. The van der Waals surface area contributed by atoms with Crippen LogP contribution >= 0.6 is 34.7 Å². The van der Waals surface area contributed by atoms with E-state index in [4.69, 9.17) is 11.6 Å². The van der Waals surface area contributed by atoms with Gasteiger partial charge in [-0.25, -0.2) is 9.97 Å². The minimum absolute atomic E-state index is 0.772. The Bertz CT molecular complexity index is 758. The lowest BCUT2D eigenvalue weighted by atomic mass is 10.2. The summed E-state index contributed by atoms with van der Waals surface area (Å²) in [6.07, 6.45) is 0. The Morgan fingerprint density at radius 3 is 2.86 bits per heavy atom. The number of halogens is 1. The zero-order chi connectivity index (χ0) is 14.7. The van der Waals surface area contributed by atoms with Crippen LogP contribution < -0.4 is 5.32 Å². The second-order valence-corrected chi connectivity index (χ2v) is 6.75. The smallest absolute Gasteiger partial charge is 0.142 e. The Morgan fingerprint density at radius 2 is 2.05 bits per heavy atom. The Balaban J connectivity index is 1.72. The maximum atomic E-state index is 6.16. The van der Waals surface area contributed by atoms with Crippen molar-refractivity contribution in [3.8, 4) is 0 Å². The highest BCUT2D eigenvalue weighted by Gasteiger charge is 2.08. The van der Waals surface area contributed by atoms with Crippen molar-refractivity contribution in [2.75, 3.05) is 12.4 Å². The monoisotopic (exact) mass is 335 g/mol. The largest absolute Gasteiger partial charge is 0.372 e. The van der Waals surface area contributed by atoms with E-state index in [2.05, 4.69) is 21.4 Å². The van der Waals surface area contributed by atoms with Gasteiger partial charge in [-0.3, -0.25) is 0 Å². The summed E-state index contributed by atoms with van der Waals surface area (Å²) in [5, 5.41) is 7.08. The molecule has 2 aromatic heterocycles. The molecule has 0 saturated heterocycles. The van der Waals surface area contributed by atoms with Crippen molar-refractivity contribution in [2.24, 2.45) is 0 Å². The third-order valence-electron chi connectivity index (χ3n) is 3.05. The average molecular weight is 336 g/mol. The number of hydrogen-bond acceptors (Lipinski definition) is 5. The Hall–Kier alpha value is -1.30. The summed E-state index contributed by atoms with van der Waals surface area (Å²) in [5.41, 5.74) is 1.15. The van der Waals surface area contributed by atoms with Gasteiger partial charge in [0.1, 0.15) is 16.5 Å². The zero-order valence-corrected chi connectivity index (χ0v) is 13.9. The summed E-state index contributed by atoms with van der Waals surface area (Å²) in [5.74, 6) is 3.38. The van der Waals surface area contributed by atoms with Crippen LogP contribution in [0.25, 0.3) is 10.2 Å². The highest BCUT2D eigenvalue weighted by atomic mass is 35.5. The van der Waals surface area contributed by atoms with E-state index in [0.717, 1.165) is 44.0 Å². The van der Waals surface area contributed by atoms with E-state index >= 15 is 0 Å². The molecule has 0 aliphatic heterocycles. The predicted molar refractivity (Wildman–Crippen MR) is 93.4 cm³/mol. The minimum atomic E-state index is 0.772. The van der Waals surface area contributed by atoms with Gasteiger partial charge in [0.15, 0.2) is 0 Å². The van der Waals surface area contributed by atoms with Crippen molar-refractivity contribution in [2.45, 2.75) is 11.5 Å². The van der Waals surface area contributed by atoms with Gasteiger partial charge in [0.05, 0.1) is 11.1 Å². The molecule has 3 aromatic rings. The van der Waals surface area contributed by atoms with Gasteiger partial charge in [-0.2, -0.15) is 0 Å². The first-order chi connectivity index (χ1) is 10.3. The van der Waals surface area contributed by atoms with Gasteiger partial charge in [0.2, 0.25) is 0 Å². The molecule has 3 nitrogen and oxygen atoms in total. The molecule has 0 bridgehead atoms. The summed E-state index contributed by atoms with van der Waals surface area (Å²) in [6, 6.07) is 9.98. The zero-order valence-electron chi connectivity index (χ0n) is 11.5. The van der Waals surface area contributed by atoms with Crippen LogP contribution in [0.15, 0.2) is 35.7 Å². The molecule has 0 unspecified atom stereocenters. The van der Waals surface area contributed by atoms with Crippen molar-refractivity contribution < 1.29 is 0 Å². The molecule has 0 radical (unpaired) electrons. The number of benzene rings is 1. The van der Waals surface area contributed by atoms with Gasteiger partial charge < -0.3 is 5.32 Å². The second kappa shape index (κ2) is 6.64. The number of rotatable bonds is 5. The quantitative estimate of drug-likeness (QED) is 0.725. The fourth-order valence-corrected chi connectivity index (χ4v) is 3.97. The first kappa shape index (κ1) is 14.6. The fourth-order valence-electron chi connectivity index (χ4n) is 2.02. The fraction of sp³-hybridized carbons (Fsp3) is 0.200. The molecule has 1 N–H and O–H groups in total. The standard InChI is InChI=1S/C15H14ClN3S2/c1-17-14-11-6-7-21-15(11)19-13(18-14)9-20-8-10-4-2-3-5-12(10)16/h2-7H,8-9H2,1H3,(H,17,18,19). The van der Waals surface area contributed by atoms with Gasteiger partial charge in [-0.15, -0.1) is 23.1 Å². The average Bonchev–Trinajstić information content (AvgIpc) is 2.97. The van der Waals surface area contributed by atoms with Gasteiger partial charge in [-0.1, -0.05) is 29.8 Å². The maximum absolute atomic E-state index is 6.16. The van der Waals surface area contributed by atoms with Crippen molar-refractivity contribution in [3.63, 3.8) is 0 Å². The molecule has 0 aliphatic carbocycles. The summed E-state index contributed by atoms with van der Waals surface area (Å²) >= 11 is 9.58. The number of anilines is 1. The number of thioether (sulfide) groups is 1. The van der Waals surface area contributed by atoms with Crippen LogP contribution in [0.4, 0.5) is 5.82 Å². The number of thiophene rings is 1. The summed E-state index contributed by atoms with van der Waals surface area (Å²) in [6.45, 7) is 0. The van der Waals surface area contributed by atoms with Crippen LogP contribution in [0.3, 0.4) is 0 Å². The third kappa shape index (κ3) is 3.31. The lowest BCUT2D eigenvalue weighted by Gasteiger charge is -2.06.